The van der Waals surface area contributed by atoms with E-state index in [1.165, 1.54) is 11.1 Å². The predicted molar refractivity (Wildman–Crippen MR) is 95.1 cm³/mol. The zero-order valence-electron chi connectivity index (χ0n) is 14.3. The number of hydrogen-bond donors (Lipinski definition) is 1. The van der Waals surface area contributed by atoms with E-state index >= 15 is 0 Å². The number of benzene rings is 2. The van der Waals surface area contributed by atoms with Crippen molar-refractivity contribution in [2.24, 2.45) is 0 Å². The minimum atomic E-state index is 0.0466. The van der Waals surface area contributed by atoms with Crippen LogP contribution in [0.1, 0.15) is 36.1 Å². The van der Waals surface area contributed by atoms with Crippen LogP contribution in [0.15, 0.2) is 54.6 Å². The summed E-state index contributed by atoms with van der Waals surface area (Å²) in [6.45, 7) is 5.76. The second kappa shape index (κ2) is 8.49. The average molecular weight is 310 g/mol. The molecule has 0 aliphatic carbocycles. The third-order valence-corrected chi connectivity index (χ3v) is 4.10. The van der Waals surface area contributed by atoms with Crippen LogP contribution in [0, 0.1) is 6.92 Å². The summed E-state index contributed by atoms with van der Waals surface area (Å²) >= 11 is 0. The fraction of sp³-hybridized carbons (Fsp3) is 0.350. The molecule has 2 rings (SSSR count). The highest BCUT2D eigenvalue weighted by atomic mass is 16.1. The lowest BCUT2D eigenvalue weighted by molar-refractivity contribution is -0.122. The van der Waals surface area contributed by atoms with Gasteiger partial charge in [-0.2, -0.15) is 0 Å². The van der Waals surface area contributed by atoms with Crippen LogP contribution in [0.2, 0.25) is 0 Å². The van der Waals surface area contributed by atoms with E-state index in [1.807, 2.05) is 37.3 Å². The molecule has 1 atom stereocenters. The summed E-state index contributed by atoms with van der Waals surface area (Å²) in [5.41, 5.74) is 3.74. The van der Waals surface area contributed by atoms with Crippen LogP contribution in [0.3, 0.4) is 0 Å². The summed E-state index contributed by atoms with van der Waals surface area (Å²) < 4.78 is 0. The van der Waals surface area contributed by atoms with E-state index in [0.29, 0.717) is 6.42 Å². The molecule has 0 fully saturated rings. The third kappa shape index (κ3) is 5.53. The number of carbonyl (C=O) groups is 1. The topological polar surface area (TPSA) is 32.3 Å². The van der Waals surface area contributed by atoms with E-state index in [2.05, 4.69) is 48.5 Å². The first kappa shape index (κ1) is 17.2. The van der Waals surface area contributed by atoms with Crippen LogP contribution < -0.4 is 5.32 Å². The molecular formula is C20H26N2O. The molecule has 1 unspecified atom stereocenters. The molecule has 1 N–H and O–H groups in total. The molecule has 0 heterocycles. The van der Waals surface area contributed by atoms with E-state index in [0.717, 1.165) is 18.7 Å². The van der Waals surface area contributed by atoms with E-state index in [4.69, 9.17) is 0 Å². The minimum Gasteiger partial charge on any atom is -0.350 e. The summed E-state index contributed by atoms with van der Waals surface area (Å²) in [4.78, 5) is 14.3. The zero-order chi connectivity index (χ0) is 16.7. The Kier molecular flexibility index (Phi) is 6.36. The lowest BCUT2D eigenvalue weighted by Crippen LogP contribution is -2.30. The van der Waals surface area contributed by atoms with Crippen LogP contribution >= 0.6 is 0 Å². The van der Waals surface area contributed by atoms with Crippen molar-refractivity contribution in [1.29, 1.82) is 0 Å². The van der Waals surface area contributed by atoms with Crippen LogP contribution in [-0.2, 0) is 11.3 Å². The zero-order valence-corrected chi connectivity index (χ0v) is 14.3. The van der Waals surface area contributed by atoms with Crippen LogP contribution in [0.5, 0.6) is 0 Å². The van der Waals surface area contributed by atoms with Crippen molar-refractivity contribution >= 4 is 5.91 Å². The van der Waals surface area contributed by atoms with Crippen LogP contribution in [0.25, 0.3) is 0 Å². The van der Waals surface area contributed by atoms with Crippen molar-refractivity contribution in [2.45, 2.75) is 32.9 Å². The Hall–Kier alpha value is -2.13. The molecule has 0 saturated heterocycles. The first-order chi connectivity index (χ1) is 11.1. The third-order valence-electron chi connectivity index (χ3n) is 4.10. The Balaban J connectivity index is 1.77. The van der Waals surface area contributed by atoms with Gasteiger partial charge in [0.05, 0.1) is 6.04 Å². The van der Waals surface area contributed by atoms with Gasteiger partial charge in [-0.25, -0.2) is 0 Å². The number of amides is 1. The standard InChI is InChI=1S/C20H26N2O/c1-16-9-7-8-12-19(16)15-22(3)14-13-20(23)21-17(2)18-10-5-4-6-11-18/h4-12,17H,13-15H2,1-3H3,(H,21,23). The SMILES string of the molecule is Cc1ccccc1CN(C)CCC(=O)NC(C)c1ccccc1. The number of nitrogens with one attached hydrogen (secondary N) is 1. The highest BCUT2D eigenvalue weighted by Crippen LogP contribution is 2.12. The van der Waals surface area contributed by atoms with Crippen molar-refractivity contribution in [2.75, 3.05) is 13.6 Å². The Morgan fingerprint density at radius 1 is 1.09 bits per heavy atom. The molecule has 0 saturated carbocycles. The molecule has 122 valence electrons. The van der Waals surface area contributed by atoms with Gasteiger partial charge in [0.2, 0.25) is 5.91 Å². The molecule has 0 bridgehead atoms. The highest BCUT2D eigenvalue weighted by molar-refractivity contribution is 5.76. The molecule has 1 amide bonds. The summed E-state index contributed by atoms with van der Waals surface area (Å²) in [7, 11) is 2.06. The van der Waals surface area contributed by atoms with Gasteiger partial charge in [0.15, 0.2) is 0 Å². The van der Waals surface area contributed by atoms with E-state index in [-0.39, 0.29) is 11.9 Å². The van der Waals surface area contributed by atoms with Gasteiger partial charge in [0.25, 0.3) is 0 Å². The summed E-state index contributed by atoms with van der Waals surface area (Å²) in [5, 5.41) is 3.06. The van der Waals surface area contributed by atoms with Gasteiger partial charge in [-0.1, -0.05) is 54.6 Å². The molecule has 3 heteroatoms. The van der Waals surface area contributed by atoms with Gasteiger partial charge in [0, 0.05) is 19.5 Å². The maximum atomic E-state index is 12.1. The molecular weight excluding hydrogens is 284 g/mol. The smallest absolute Gasteiger partial charge is 0.221 e. The van der Waals surface area contributed by atoms with Gasteiger partial charge in [-0.15, -0.1) is 0 Å². The van der Waals surface area contributed by atoms with Crippen molar-refractivity contribution in [1.82, 2.24) is 10.2 Å². The predicted octanol–water partition coefficient (Wildman–Crippen LogP) is 3.69. The fourth-order valence-corrected chi connectivity index (χ4v) is 2.59. The number of aryl methyl sites for hydroxylation is 1. The Labute approximate surface area is 139 Å². The molecule has 0 aliphatic rings. The molecule has 0 spiro atoms. The number of carbonyl (C=O) groups excluding carboxylic acids is 1. The molecule has 0 aromatic heterocycles. The molecule has 23 heavy (non-hydrogen) atoms. The summed E-state index contributed by atoms with van der Waals surface area (Å²) in [6.07, 6.45) is 0.513. The lowest BCUT2D eigenvalue weighted by atomic mass is 10.1. The number of nitrogens with zero attached hydrogens (tertiary/aromatic N) is 1. The number of hydrogen-bond acceptors (Lipinski definition) is 2. The maximum Gasteiger partial charge on any atom is 0.221 e. The second-order valence-electron chi connectivity index (χ2n) is 6.11. The maximum absolute atomic E-state index is 12.1. The first-order valence-electron chi connectivity index (χ1n) is 8.13. The normalized spacial score (nSPS) is 12.2. The Morgan fingerprint density at radius 2 is 1.74 bits per heavy atom. The highest BCUT2D eigenvalue weighted by Gasteiger charge is 2.10. The van der Waals surface area contributed by atoms with E-state index in [9.17, 15) is 4.79 Å². The molecule has 3 nitrogen and oxygen atoms in total. The minimum absolute atomic E-state index is 0.0466. The Morgan fingerprint density at radius 3 is 2.43 bits per heavy atom. The van der Waals surface area contributed by atoms with Crippen molar-refractivity contribution in [3.05, 3.63) is 71.3 Å². The van der Waals surface area contributed by atoms with Gasteiger partial charge >= 0.3 is 0 Å². The van der Waals surface area contributed by atoms with E-state index < -0.39 is 0 Å². The summed E-state index contributed by atoms with van der Waals surface area (Å²) in [6, 6.07) is 18.5. The molecule has 2 aromatic rings. The Bertz CT molecular complexity index is 625. The van der Waals surface area contributed by atoms with Crippen molar-refractivity contribution in [3.63, 3.8) is 0 Å². The lowest BCUT2D eigenvalue weighted by Gasteiger charge is -2.19. The van der Waals surface area contributed by atoms with Gasteiger partial charge in [-0.05, 0) is 37.6 Å². The van der Waals surface area contributed by atoms with Gasteiger partial charge in [-0.3, -0.25) is 4.79 Å². The molecule has 0 aliphatic heterocycles. The van der Waals surface area contributed by atoms with Gasteiger partial charge in [0.1, 0.15) is 0 Å². The van der Waals surface area contributed by atoms with Gasteiger partial charge < -0.3 is 10.2 Å². The fourth-order valence-electron chi connectivity index (χ4n) is 2.59. The summed E-state index contributed by atoms with van der Waals surface area (Å²) in [5.74, 6) is 0.0954. The molecule has 0 radical (unpaired) electrons. The average Bonchev–Trinajstić information content (AvgIpc) is 2.56. The molecule has 2 aromatic carbocycles. The number of rotatable bonds is 7. The quantitative estimate of drug-likeness (QED) is 0.846. The monoisotopic (exact) mass is 310 g/mol. The van der Waals surface area contributed by atoms with Crippen molar-refractivity contribution < 1.29 is 4.79 Å². The van der Waals surface area contributed by atoms with Crippen LogP contribution in [0.4, 0.5) is 0 Å². The largest absolute Gasteiger partial charge is 0.350 e. The van der Waals surface area contributed by atoms with Crippen molar-refractivity contribution in [3.8, 4) is 0 Å². The van der Waals surface area contributed by atoms with Crippen LogP contribution in [-0.4, -0.2) is 24.4 Å². The first-order valence-corrected chi connectivity index (χ1v) is 8.13. The van der Waals surface area contributed by atoms with E-state index in [1.54, 1.807) is 0 Å². The second-order valence-corrected chi connectivity index (χ2v) is 6.11.